The smallest absolute Gasteiger partial charge is 0.310 e. The number of para-hydroxylation sites is 1. The summed E-state index contributed by atoms with van der Waals surface area (Å²) in [7, 11) is -1.22. The van der Waals surface area contributed by atoms with E-state index in [4.69, 9.17) is 15.2 Å². The molecule has 2 N–H and O–H groups in total. The summed E-state index contributed by atoms with van der Waals surface area (Å²) in [6.45, 7) is 15.6. The van der Waals surface area contributed by atoms with E-state index in [2.05, 4.69) is 47.1 Å². The summed E-state index contributed by atoms with van der Waals surface area (Å²) in [4.78, 5) is 18.0. The van der Waals surface area contributed by atoms with Crippen molar-refractivity contribution >= 4 is 40.7 Å². The Morgan fingerprint density at radius 1 is 1.25 bits per heavy atom. The number of nitrogen functional groups attached to an aromatic ring is 1. The Morgan fingerprint density at radius 3 is 2.67 bits per heavy atom. The summed E-state index contributed by atoms with van der Waals surface area (Å²) in [5.74, 6) is -0.364. The Hall–Kier alpha value is -2.37. The number of benzene rings is 1. The molecule has 2 heterocycles. The molecule has 2 aromatic heterocycles. The third-order valence-corrected chi connectivity index (χ3v) is 8.41. The van der Waals surface area contributed by atoms with Gasteiger partial charge >= 0.3 is 5.97 Å². The second-order valence-corrected chi connectivity index (χ2v) is 18.1. The topological polar surface area (TPSA) is 118 Å². The molecule has 0 saturated carbocycles. The van der Waals surface area contributed by atoms with Crippen LogP contribution >= 0.6 is 11.3 Å². The van der Waals surface area contributed by atoms with Crippen LogP contribution in [0.25, 0.3) is 10.2 Å². The number of nitrogens with two attached hydrogens (primary N) is 1. The molecular weight excluding hydrogens is 492 g/mol. The molecule has 0 radical (unpaired) electrons. The summed E-state index contributed by atoms with van der Waals surface area (Å²) in [5.41, 5.74) is 7.28. The van der Waals surface area contributed by atoms with Gasteiger partial charge in [-0.05, 0) is 61.7 Å². The summed E-state index contributed by atoms with van der Waals surface area (Å²) >= 11 is 1.46. The lowest BCUT2D eigenvalue weighted by molar-refractivity contribution is -0.161. The van der Waals surface area contributed by atoms with E-state index in [1.807, 2.05) is 39.0 Å². The first-order valence-electron chi connectivity index (χ1n) is 12.6. The molecule has 0 aliphatic rings. The SMILES string of the molecule is CCC[C@H](C(=O)OC(C)(C)C)[C@H](Cc1cccc2sc(N)nc12)c1nnnn1COCC[Si](C)(C)C. The van der Waals surface area contributed by atoms with Gasteiger partial charge in [-0.2, -0.15) is 0 Å². The van der Waals surface area contributed by atoms with Gasteiger partial charge in [0.25, 0.3) is 0 Å². The van der Waals surface area contributed by atoms with Crippen LogP contribution in [0, 0.1) is 5.92 Å². The predicted octanol–water partition coefficient (Wildman–Crippen LogP) is 5.26. The third-order valence-electron chi connectivity index (χ3n) is 5.86. The number of anilines is 1. The highest BCUT2D eigenvalue weighted by molar-refractivity contribution is 7.22. The lowest BCUT2D eigenvalue weighted by Gasteiger charge is -2.29. The molecule has 0 spiro atoms. The number of fused-ring (bicyclic) bond motifs is 1. The second-order valence-electron chi connectivity index (χ2n) is 11.4. The van der Waals surface area contributed by atoms with Crippen LogP contribution in [-0.4, -0.2) is 51.4 Å². The maximum absolute atomic E-state index is 13.5. The Labute approximate surface area is 218 Å². The Morgan fingerprint density at radius 2 is 2.00 bits per heavy atom. The van der Waals surface area contributed by atoms with E-state index in [0.29, 0.717) is 30.4 Å². The standard InChI is InChI=1S/C25H40N6O3SSi/c1-8-10-18(23(32)34-25(2,3)4)19(15-17-11-9-12-20-21(17)27-24(26)35-20)22-28-29-30-31(22)16-33-13-14-36(5,6)7/h9,11-12,18-19H,8,10,13-16H2,1-7H3,(H2,26,27)/t18-,19-/m0/s1. The number of hydrogen-bond donors (Lipinski definition) is 1. The second kappa shape index (κ2) is 11.8. The number of aromatic nitrogens is 5. The van der Waals surface area contributed by atoms with Gasteiger partial charge in [0.1, 0.15) is 12.3 Å². The number of carbonyl (C=O) groups excluding carboxylic acids is 1. The number of carbonyl (C=O) groups is 1. The molecule has 9 nitrogen and oxygen atoms in total. The van der Waals surface area contributed by atoms with Crippen molar-refractivity contribution in [2.45, 2.75) is 90.9 Å². The molecule has 0 aliphatic carbocycles. The first-order chi connectivity index (χ1) is 16.9. The fourth-order valence-electron chi connectivity index (χ4n) is 4.11. The zero-order valence-corrected chi connectivity index (χ0v) is 24.4. The number of esters is 1. The first-order valence-corrected chi connectivity index (χ1v) is 17.1. The van der Waals surface area contributed by atoms with Crippen LogP contribution in [0.15, 0.2) is 18.2 Å². The van der Waals surface area contributed by atoms with Crippen molar-refractivity contribution in [2.24, 2.45) is 5.92 Å². The van der Waals surface area contributed by atoms with E-state index in [9.17, 15) is 4.79 Å². The van der Waals surface area contributed by atoms with Crippen molar-refractivity contribution in [1.82, 2.24) is 25.2 Å². The van der Waals surface area contributed by atoms with Crippen LogP contribution in [0.1, 0.15) is 57.8 Å². The highest BCUT2D eigenvalue weighted by Crippen LogP contribution is 2.35. The molecular formula is C25H40N6O3SSi. The maximum Gasteiger partial charge on any atom is 0.310 e. The molecule has 0 amide bonds. The highest BCUT2D eigenvalue weighted by atomic mass is 32.1. The van der Waals surface area contributed by atoms with Gasteiger partial charge in [0, 0.05) is 20.6 Å². The number of rotatable bonds is 12. The van der Waals surface area contributed by atoms with Crippen molar-refractivity contribution in [3.05, 3.63) is 29.6 Å². The number of thiazole rings is 1. The largest absolute Gasteiger partial charge is 0.460 e. The number of tetrazole rings is 1. The van der Waals surface area contributed by atoms with E-state index in [-0.39, 0.29) is 18.6 Å². The van der Waals surface area contributed by atoms with Crippen molar-refractivity contribution in [3.63, 3.8) is 0 Å². The molecule has 198 valence electrons. The van der Waals surface area contributed by atoms with E-state index in [0.717, 1.165) is 28.2 Å². The molecule has 0 aliphatic heterocycles. The maximum atomic E-state index is 13.5. The molecule has 11 heteroatoms. The van der Waals surface area contributed by atoms with Crippen molar-refractivity contribution in [2.75, 3.05) is 12.3 Å². The van der Waals surface area contributed by atoms with Crippen LogP contribution in [0.2, 0.25) is 25.7 Å². The van der Waals surface area contributed by atoms with Crippen molar-refractivity contribution in [3.8, 4) is 0 Å². The number of hydrogen-bond acceptors (Lipinski definition) is 9. The minimum Gasteiger partial charge on any atom is -0.460 e. The molecule has 3 rings (SSSR count). The molecule has 0 unspecified atom stereocenters. The fraction of sp³-hybridized carbons (Fsp3) is 0.640. The van der Waals surface area contributed by atoms with Gasteiger partial charge in [-0.25, -0.2) is 9.67 Å². The van der Waals surface area contributed by atoms with E-state index in [1.165, 1.54) is 11.3 Å². The Balaban J connectivity index is 1.97. The average molecular weight is 533 g/mol. The van der Waals surface area contributed by atoms with Gasteiger partial charge in [0.2, 0.25) is 0 Å². The Kier molecular flexibility index (Phi) is 9.23. The van der Waals surface area contributed by atoms with E-state index < -0.39 is 19.6 Å². The quantitative estimate of drug-likeness (QED) is 0.191. The third kappa shape index (κ3) is 7.81. The summed E-state index contributed by atoms with van der Waals surface area (Å²) in [5, 5.41) is 13.1. The van der Waals surface area contributed by atoms with E-state index >= 15 is 0 Å². The summed E-state index contributed by atoms with van der Waals surface area (Å²) < 4.78 is 14.5. The molecule has 36 heavy (non-hydrogen) atoms. The lowest BCUT2D eigenvalue weighted by Crippen LogP contribution is -2.34. The molecule has 3 aromatic rings. The van der Waals surface area contributed by atoms with Gasteiger partial charge in [-0.15, -0.1) is 5.10 Å². The number of ether oxygens (including phenoxy) is 2. The van der Waals surface area contributed by atoms with Crippen LogP contribution in [0.4, 0.5) is 5.13 Å². The highest BCUT2D eigenvalue weighted by Gasteiger charge is 2.36. The van der Waals surface area contributed by atoms with Crippen molar-refractivity contribution < 1.29 is 14.3 Å². The zero-order chi connectivity index (χ0) is 26.5. The van der Waals surface area contributed by atoms with Gasteiger partial charge < -0.3 is 15.2 Å². The van der Waals surface area contributed by atoms with Crippen molar-refractivity contribution in [1.29, 1.82) is 0 Å². The van der Waals surface area contributed by atoms with Crippen LogP contribution in [0.3, 0.4) is 0 Å². The molecule has 0 bridgehead atoms. The normalized spacial score (nSPS) is 14.2. The van der Waals surface area contributed by atoms with Crippen LogP contribution in [-0.2, 0) is 27.4 Å². The van der Waals surface area contributed by atoms with Gasteiger partial charge in [0.15, 0.2) is 11.0 Å². The van der Waals surface area contributed by atoms with Gasteiger partial charge in [-0.1, -0.05) is 56.5 Å². The molecule has 0 saturated heterocycles. The van der Waals surface area contributed by atoms with Crippen LogP contribution in [0.5, 0.6) is 0 Å². The predicted molar refractivity (Wildman–Crippen MR) is 147 cm³/mol. The fourth-order valence-corrected chi connectivity index (χ4v) is 5.65. The van der Waals surface area contributed by atoms with Gasteiger partial charge in [0.05, 0.1) is 16.1 Å². The van der Waals surface area contributed by atoms with E-state index in [1.54, 1.807) is 4.68 Å². The summed E-state index contributed by atoms with van der Waals surface area (Å²) in [6.07, 6.45) is 2.00. The molecule has 1 aromatic carbocycles. The lowest BCUT2D eigenvalue weighted by atomic mass is 9.82. The Bertz CT molecular complexity index is 1150. The minimum atomic E-state index is -1.22. The summed E-state index contributed by atoms with van der Waals surface area (Å²) in [6, 6.07) is 7.09. The zero-order valence-electron chi connectivity index (χ0n) is 22.6. The minimum absolute atomic E-state index is 0.240. The molecule has 2 atom stereocenters. The molecule has 0 fully saturated rings. The average Bonchev–Trinajstić information content (AvgIpc) is 3.37. The monoisotopic (exact) mass is 532 g/mol. The number of nitrogens with zero attached hydrogens (tertiary/aromatic N) is 5. The van der Waals surface area contributed by atoms with Crippen LogP contribution < -0.4 is 5.73 Å². The van der Waals surface area contributed by atoms with Gasteiger partial charge in [-0.3, -0.25) is 4.79 Å². The first kappa shape index (κ1) is 28.2.